The molecule has 0 fully saturated rings. The summed E-state index contributed by atoms with van der Waals surface area (Å²) in [6.07, 6.45) is 0.730. The monoisotopic (exact) mass is 492 g/mol. The third kappa shape index (κ3) is 5.16. The van der Waals surface area contributed by atoms with Crippen LogP contribution in [0.3, 0.4) is 0 Å². The molecular formula is C31H28N2O2S. The van der Waals surface area contributed by atoms with E-state index in [0.717, 1.165) is 28.8 Å². The number of thiophene rings is 1. The molecule has 0 atom stereocenters. The first kappa shape index (κ1) is 23.8. The Bertz CT molecular complexity index is 1520. The highest BCUT2D eigenvalue weighted by atomic mass is 32.1. The number of aromatic nitrogens is 2. The number of aryl methyl sites for hydroxylation is 3. The molecule has 5 heteroatoms. The van der Waals surface area contributed by atoms with Crippen LogP contribution < -0.4 is 10.3 Å². The maximum Gasteiger partial charge on any atom is 0.261 e. The summed E-state index contributed by atoms with van der Waals surface area (Å²) in [5.41, 5.74) is 5.37. The molecule has 3 aromatic carbocycles. The fourth-order valence-corrected chi connectivity index (χ4v) is 5.07. The van der Waals surface area contributed by atoms with Gasteiger partial charge in [-0.25, -0.2) is 4.98 Å². The molecule has 0 amide bonds. The Labute approximate surface area is 215 Å². The van der Waals surface area contributed by atoms with E-state index in [4.69, 9.17) is 9.72 Å². The highest BCUT2D eigenvalue weighted by Gasteiger charge is 2.20. The van der Waals surface area contributed by atoms with Crippen molar-refractivity contribution in [3.05, 3.63) is 128 Å². The van der Waals surface area contributed by atoms with Crippen molar-refractivity contribution in [2.75, 3.05) is 0 Å². The fraction of sp³-hybridized carbons (Fsp3) is 0.161. The summed E-state index contributed by atoms with van der Waals surface area (Å²) in [7, 11) is 0. The minimum Gasteiger partial charge on any atom is -0.488 e. The van der Waals surface area contributed by atoms with Crippen LogP contribution in [0.4, 0.5) is 0 Å². The Morgan fingerprint density at radius 3 is 2.22 bits per heavy atom. The standard InChI is InChI=1S/C31H28N2O2S/c1-22-19-26(21-36-22)29-23(2)32-30(33(31(29)34)18-17-24-11-5-3-6-12-24)27-15-9-10-16-28(27)35-20-25-13-7-4-8-14-25/h3-16,19,21H,17-18,20H2,1-2H3. The number of benzene rings is 3. The van der Waals surface area contributed by atoms with Crippen molar-refractivity contribution >= 4 is 11.3 Å². The Morgan fingerprint density at radius 2 is 1.53 bits per heavy atom. The molecule has 0 aliphatic rings. The number of hydrogen-bond acceptors (Lipinski definition) is 4. The average Bonchev–Trinajstić information content (AvgIpc) is 3.33. The zero-order valence-electron chi connectivity index (χ0n) is 20.5. The first-order valence-electron chi connectivity index (χ1n) is 12.1. The summed E-state index contributed by atoms with van der Waals surface area (Å²) in [5.74, 6) is 1.34. The topological polar surface area (TPSA) is 44.1 Å². The zero-order chi connectivity index (χ0) is 24.9. The summed E-state index contributed by atoms with van der Waals surface area (Å²) < 4.78 is 8.05. The number of rotatable bonds is 8. The lowest BCUT2D eigenvalue weighted by atomic mass is 10.1. The predicted octanol–water partition coefficient (Wildman–Crippen LogP) is 7.08. The minimum absolute atomic E-state index is 0.0240. The normalized spacial score (nSPS) is 10.9. The Kier molecular flexibility index (Phi) is 7.10. The van der Waals surface area contributed by atoms with E-state index in [1.807, 2.05) is 89.7 Å². The third-order valence-corrected chi connectivity index (χ3v) is 7.06. The van der Waals surface area contributed by atoms with E-state index in [0.29, 0.717) is 30.3 Å². The van der Waals surface area contributed by atoms with E-state index in [1.165, 1.54) is 10.4 Å². The third-order valence-electron chi connectivity index (χ3n) is 6.20. The van der Waals surface area contributed by atoms with Gasteiger partial charge in [0, 0.05) is 11.4 Å². The SMILES string of the molecule is Cc1cc(-c2c(C)nc(-c3ccccc3OCc3ccccc3)n(CCc3ccccc3)c2=O)cs1. The molecule has 0 saturated carbocycles. The minimum atomic E-state index is -0.0240. The Hall–Kier alpha value is -3.96. The number of hydrogen-bond donors (Lipinski definition) is 0. The van der Waals surface area contributed by atoms with Crippen LogP contribution in [-0.2, 0) is 19.6 Å². The molecule has 0 aliphatic carbocycles. The second-order valence-corrected chi connectivity index (χ2v) is 9.92. The maximum absolute atomic E-state index is 14.0. The van der Waals surface area contributed by atoms with E-state index in [1.54, 1.807) is 11.3 Å². The van der Waals surface area contributed by atoms with E-state index in [2.05, 4.69) is 25.1 Å². The summed E-state index contributed by atoms with van der Waals surface area (Å²) >= 11 is 1.64. The lowest BCUT2D eigenvalue weighted by Crippen LogP contribution is -2.27. The van der Waals surface area contributed by atoms with E-state index in [-0.39, 0.29) is 5.56 Å². The molecule has 0 unspecified atom stereocenters. The molecule has 5 rings (SSSR count). The summed E-state index contributed by atoms with van der Waals surface area (Å²) in [6, 6.07) is 30.2. The molecule has 0 aliphatic heterocycles. The smallest absolute Gasteiger partial charge is 0.261 e. The van der Waals surface area contributed by atoms with E-state index < -0.39 is 0 Å². The second kappa shape index (κ2) is 10.8. The van der Waals surface area contributed by atoms with Gasteiger partial charge in [0.15, 0.2) is 0 Å². The van der Waals surface area contributed by atoms with Crippen LogP contribution in [0.1, 0.15) is 21.7 Å². The lowest BCUT2D eigenvalue weighted by molar-refractivity contribution is 0.307. The number of ether oxygens (including phenoxy) is 1. The second-order valence-electron chi connectivity index (χ2n) is 8.80. The first-order chi connectivity index (χ1) is 17.6. The molecule has 0 saturated heterocycles. The highest BCUT2D eigenvalue weighted by molar-refractivity contribution is 7.10. The van der Waals surface area contributed by atoms with Crippen molar-refractivity contribution in [1.29, 1.82) is 0 Å². The highest BCUT2D eigenvalue weighted by Crippen LogP contribution is 2.31. The van der Waals surface area contributed by atoms with Crippen LogP contribution in [0.5, 0.6) is 5.75 Å². The van der Waals surface area contributed by atoms with Gasteiger partial charge in [-0.2, -0.15) is 0 Å². The molecule has 180 valence electrons. The van der Waals surface area contributed by atoms with Gasteiger partial charge in [0.25, 0.3) is 5.56 Å². The number of nitrogens with zero attached hydrogens (tertiary/aromatic N) is 2. The van der Waals surface area contributed by atoms with Gasteiger partial charge in [-0.3, -0.25) is 9.36 Å². The van der Waals surface area contributed by atoms with Crippen molar-refractivity contribution in [3.63, 3.8) is 0 Å². The maximum atomic E-state index is 14.0. The largest absolute Gasteiger partial charge is 0.488 e. The van der Waals surface area contributed by atoms with E-state index in [9.17, 15) is 4.79 Å². The summed E-state index contributed by atoms with van der Waals surface area (Å²) in [6.45, 7) is 4.94. The molecule has 0 bridgehead atoms. The van der Waals surface area contributed by atoms with Crippen molar-refractivity contribution in [3.8, 4) is 28.3 Å². The molecule has 0 spiro atoms. The van der Waals surface area contributed by atoms with Gasteiger partial charge in [-0.1, -0.05) is 72.8 Å². The molecule has 0 N–H and O–H groups in total. The van der Waals surface area contributed by atoms with Gasteiger partial charge in [0.1, 0.15) is 18.2 Å². The van der Waals surface area contributed by atoms with Gasteiger partial charge in [0.05, 0.1) is 16.8 Å². The Balaban J connectivity index is 1.59. The van der Waals surface area contributed by atoms with Crippen LogP contribution in [-0.4, -0.2) is 9.55 Å². The average molecular weight is 493 g/mol. The van der Waals surface area contributed by atoms with Crippen LogP contribution in [0.2, 0.25) is 0 Å². The molecule has 2 heterocycles. The van der Waals surface area contributed by atoms with Crippen LogP contribution >= 0.6 is 11.3 Å². The van der Waals surface area contributed by atoms with Crippen LogP contribution in [0, 0.1) is 13.8 Å². The summed E-state index contributed by atoms with van der Waals surface area (Å²) in [5, 5.41) is 2.04. The van der Waals surface area contributed by atoms with Gasteiger partial charge in [-0.15, -0.1) is 11.3 Å². The molecule has 2 aromatic heterocycles. The van der Waals surface area contributed by atoms with Crippen molar-refractivity contribution < 1.29 is 4.74 Å². The zero-order valence-corrected chi connectivity index (χ0v) is 21.3. The molecule has 4 nitrogen and oxygen atoms in total. The van der Waals surface area contributed by atoms with Gasteiger partial charge in [-0.05, 0) is 60.5 Å². The Morgan fingerprint density at radius 1 is 0.861 bits per heavy atom. The quantitative estimate of drug-likeness (QED) is 0.233. The lowest BCUT2D eigenvalue weighted by Gasteiger charge is -2.18. The molecule has 5 aromatic rings. The first-order valence-corrected chi connectivity index (χ1v) is 12.9. The van der Waals surface area contributed by atoms with Gasteiger partial charge in [0.2, 0.25) is 0 Å². The van der Waals surface area contributed by atoms with Crippen LogP contribution in [0.25, 0.3) is 22.5 Å². The van der Waals surface area contributed by atoms with Crippen molar-refractivity contribution in [2.45, 2.75) is 33.4 Å². The van der Waals surface area contributed by atoms with Gasteiger partial charge < -0.3 is 4.74 Å². The van der Waals surface area contributed by atoms with Crippen LogP contribution in [0.15, 0.2) is 101 Å². The molecule has 0 radical (unpaired) electrons. The van der Waals surface area contributed by atoms with Crippen molar-refractivity contribution in [2.24, 2.45) is 0 Å². The van der Waals surface area contributed by atoms with Crippen molar-refractivity contribution in [1.82, 2.24) is 9.55 Å². The molecule has 36 heavy (non-hydrogen) atoms. The summed E-state index contributed by atoms with van der Waals surface area (Å²) in [4.78, 5) is 20.2. The fourth-order valence-electron chi connectivity index (χ4n) is 4.38. The predicted molar refractivity (Wildman–Crippen MR) is 148 cm³/mol. The number of para-hydroxylation sites is 1. The molecular weight excluding hydrogens is 464 g/mol. The van der Waals surface area contributed by atoms with Gasteiger partial charge >= 0.3 is 0 Å². The van der Waals surface area contributed by atoms with E-state index >= 15 is 0 Å².